The highest BCUT2D eigenvalue weighted by molar-refractivity contribution is 9.10. The second kappa shape index (κ2) is 5.89. The molecule has 0 fully saturated rings. The van der Waals surface area contributed by atoms with Crippen LogP contribution >= 0.6 is 15.9 Å². The molecule has 1 atom stereocenters. The molecule has 0 radical (unpaired) electrons. The van der Waals surface area contributed by atoms with Crippen LogP contribution in [0.25, 0.3) is 0 Å². The number of rotatable bonds is 5. The van der Waals surface area contributed by atoms with Crippen molar-refractivity contribution >= 4 is 27.6 Å². The van der Waals surface area contributed by atoms with Crippen molar-refractivity contribution in [3.63, 3.8) is 0 Å². The zero-order chi connectivity index (χ0) is 12.1. The highest BCUT2D eigenvalue weighted by atomic mass is 79.9. The molecule has 1 rings (SSSR count). The van der Waals surface area contributed by atoms with Crippen molar-refractivity contribution < 1.29 is 9.90 Å². The van der Waals surface area contributed by atoms with Gasteiger partial charge >= 0.3 is 5.97 Å². The molecule has 0 amide bonds. The molecule has 0 aliphatic heterocycles. The first-order chi connectivity index (χ1) is 7.54. The van der Waals surface area contributed by atoms with Gasteiger partial charge in [-0.3, -0.25) is 4.79 Å². The lowest BCUT2D eigenvalue weighted by atomic mass is 10.1. The van der Waals surface area contributed by atoms with E-state index in [1.807, 2.05) is 18.2 Å². The molecule has 0 saturated heterocycles. The third-order valence-electron chi connectivity index (χ3n) is 2.47. The van der Waals surface area contributed by atoms with Crippen molar-refractivity contribution in [3.05, 3.63) is 28.2 Å². The zero-order valence-corrected chi connectivity index (χ0v) is 11.0. The van der Waals surface area contributed by atoms with E-state index >= 15 is 0 Å². The van der Waals surface area contributed by atoms with E-state index in [2.05, 4.69) is 28.2 Å². The van der Waals surface area contributed by atoms with E-state index in [1.165, 1.54) is 5.56 Å². The number of aliphatic carboxylic acids is 1. The first-order valence-corrected chi connectivity index (χ1v) is 6.09. The molecule has 4 heteroatoms. The van der Waals surface area contributed by atoms with E-state index < -0.39 is 5.97 Å². The fourth-order valence-corrected chi connectivity index (χ4v) is 1.79. The van der Waals surface area contributed by atoms with Crippen LogP contribution in [0, 0.1) is 5.92 Å². The number of benzene rings is 1. The Labute approximate surface area is 104 Å². The third kappa shape index (κ3) is 3.52. The Morgan fingerprint density at radius 3 is 2.81 bits per heavy atom. The number of carboxylic acid groups (broad SMARTS) is 1. The highest BCUT2D eigenvalue weighted by Gasteiger charge is 2.10. The summed E-state index contributed by atoms with van der Waals surface area (Å²) in [5.41, 5.74) is 2.20. The molecule has 3 nitrogen and oxygen atoms in total. The van der Waals surface area contributed by atoms with Gasteiger partial charge in [-0.2, -0.15) is 0 Å². The number of carboxylic acids is 1. The molecule has 0 heterocycles. The smallest absolute Gasteiger partial charge is 0.308 e. The molecule has 1 unspecified atom stereocenters. The minimum atomic E-state index is -0.775. The van der Waals surface area contributed by atoms with Gasteiger partial charge in [0, 0.05) is 16.7 Å². The van der Waals surface area contributed by atoms with Crippen molar-refractivity contribution in [1.82, 2.24) is 0 Å². The lowest BCUT2D eigenvalue weighted by molar-refractivity contribution is -0.140. The molecule has 0 bridgehead atoms. The Hall–Kier alpha value is -1.03. The summed E-state index contributed by atoms with van der Waals surface area (Å²) in [5.74, 6) is -1.16. The number of halogens is 1. The van der Waals surface area contributed by atoms with Gasteiger partial charge in [0.05, 0.1) is 5.92 Å². The summed E-state index contributed by atoms with van der Waals surface area (Å²) >= 11 is 3.42. The number of nitrogens with one attached hydrogen (secondary N) is 1. The van der Waals surface area contributed by atoms with Crippen molar-refractivity contribution in [2.75, 3.05) is 11.9 Å². The summed E-state index contributed by atoms with van der Waals surface area (Å²) in [6.07, 6.45) is 0.920. The minimum absolute atomic E-state index is 0.381. The van der Waals surface area contributed by atoms with Crippen molar-refractivity contribution in [1.29, 1.82) is 0 Å². The standard InChI is InChI=1S/C12H16BrNO2/c1-3-9-6-10(13)4-5-11(9)14-7-8(2)12(15)16/h4-6,8,14H,3,7H2,1-2H3,(H,15,16). The Bertz CT molecular complexity index is 379. The van der Waals surface area contributed by atoms with E-state index in [0.29, 0.717) is 6.54 Å². The van der Waals surface area contributed by atoms with Crippen molar-refractivity contribution in [2.45, 2.75) is 20.3 Å². The Kier molecular flexibility index (Phi) is 4.80. The molecule has 1 aromatic rings. The third-order valence-corrected chi connectivity index (χ3v) is 2.96. The fourth-order valence-electron chi connectivity index (χ4n) is 1.38. The molecule has 0 saturated carbocycles. The number of hydrogen-bond acceptors (Lipinski definition) is 2. The van der Waals surface area contributed by atoms with Crippen LogP contribution in [0.15, 0.2) is 22.7 Å². The maximum Gasteiger partial charge on any atom is 0.308 e. The van der Waals surface area contributed by atoms with Crippen LogP contribution in [0.3, 0.4) is 0 Å². The summed E-state index contributed by atoms with van der Waals surface area (Å²) in [4.78, 5) is 10.7. The molecule has 0 aliphatic rings. The van der Waals surface area contributed by atoms with E-state index in [1.54, 1.807) is 6.92 Å². The second-order valence-electron chi connectivity index (χ2n) is 3.78. The van der Waals surface area contributed by atoms with Crippen LogP contribution in [0.5, 0.6) is 0 Å². The largest absolute Gasteiger partial charge is 0.481 e. The average Bonchev–Trinajstić information content (AvgIpc) is 2.26. The predicted octanol–water partition coefficient (Wildman–Crippen LogP) is 3.14. The van der Waals surface area contributed by atoms with Gasteiger partial charge in [-0.1, -0.05) is 29.8 Å². The lowest BCUT2D eigenvalue weighted by Crippen LogP contribution is -2.20. The van der Waals surface area contributed by atoms with E-state index in [9.17, 15) is 4.79 Å². The summed E-state index contributed by atoms with van der Waals surface area (Å²) in [5, 5.41) is 12.0. The Morgan fingerprint density at radius 1 is 1.56 bits per heavy atom. The molecule has 88 valence electrons. The number of carbonyl (C=O) groups is 1. The van der Waals surface area contributed by atoms with E-state index in [4.69, 9.17) is 5.11 Å². The normalized spacial score (nSPS) is 12.2. The van der Waals surface area contributed by atoms with Crippen LogP contribution in [-0.2, 0) is 11.2 Å². The zero-order valence-electron chi connectivity index (χ0n) is 9.46. The fraction of sp³-hybridized carbons (Fsp3) is 0.417. The maximum atomic E-state index is 10.7. The minimum Gasteiger partial charge on any atom is -0.481 e. The van der Waals surface area contributed by atoms with Crippen LogP contribution < -0.4 is 5.32 Å². The van der Waals surface area contributed by atoms with Crippen LogP contribution in [-0.4, -0.2) is 17.6 Å². The quantitative estimate of drug-likeness (QED) is 0.874. The Morgan fingerprint density at radius 2 is 2.25 bits per heavy atom. The molecule has 1 aromatic carbocycles. The molecular weight excluding hydrogens is 270 g/mol. The average molecular weight is 286 g/mol. The van der Waals surface area contributed by atoms with Gasteiger partial charge < -0.3 is 10.4 Å². The maximum absolute atomic E-state index is 10.7. The SMILES string of the molecule is CCc1cc(Br)ccc1NCC(C)C(=O)O. The topological polar surface area (TPSA) is 49.3 Å². The first-order valence-electron chi connectivity index (χ1n) is 5.29. The second-order valence-corrected chi connectivity index (χ2v) is 4.69. The van der Waals surface area contributed by atoms with Gasteiger partial charge in [0.2, 0.25) is 0 Å². The summed E-state index contributed by atoms with van der Waals surface area (Å²) < 4.78 is 1.04. The van der Waals surface area contributed by atoms with Crippen LogP contribution in [0.2, 0.25) is 0 Å². The Balaban J connectivity index is 2.70. The van der Waals surface area contributed by atoms with Gasteiger partial charge in [-0.15, -0.1) is 0 Å². The number of hydrogen-bond donors (Lipinski definition) is 2. The molecule has 16 heavy (non-hydrogen) atoms. The van der Waals surface area contributed by atoms with E-state index in [-0.39, 0.29) is 5.92 Å². The molecule has 2 N–H and O–H groups in total. The van der Waals surface area contributed by atoms with Gasteiger partial charge in [-0.25, -0.2) is 0 Å². The summed E-state index contributed by atoms with van der Waals surface area (Å²) in [6.45, 7) is 4.22. The first kappa shape index (κ1) is 13.0. The predicted molar refractivity (Wildman–Crippen MR) is 68.8 cm³/mol. The summed E-state index contributed by atoms with van der Waals surface area (Å²) in [7, 11) is 0. The monoisotopic (exact) mass is 285 g/mol. The van der Waals surface area contributed by atoms with Crippen molar-refractivity contribution in [2.24, 2.45) is 5.92 Å². The number of aryl methyl sites for hydroxylation is 1. The molecule has 0 aliphatic carbocycles. The number of anilines is 1. The van der Waals surface area contributed by atoms with Crippen LogP contribution in [0.4, 0.5) is 5.69 Å². The van der Waals surface area contributed by atoms with E-state index in [0.717, 1.165) is 16.6 Å². The van der Waals surface area contributed by atoms with Gasteiger partial charge in [0.15, 0.2) is 0 Å². The van der Waals surface area contributed by atoms with Gasteiger partial charge in [0.1, 0.15) is 0 Å². The molecule has 0 aromatic heterocycles. The van der Waals surface area contributed by atoms with Crippen molar-refractivity contribution in [3.8, 4) is 0 Å². The lowest BCUT2D eigenvalue weighted by Gasteiger charge is -2.13. The van der Waals surface area contributed by atoms with Gasteiger partial charge in [0.25, 0.3) is 0 Å². The van der Waals surface area contributed by atoms with Gasteiger partial charge in [-0.05, 0) is 30.2 Å². The molecular formula is C12H16BrNO2. The molecule has 0 spiro atoms. The van der Waals surface area contributed by atoms with Crippen LogP contribution in [0.1, 0.15) is 19.4 Å². The summed E-state index contributed by atoms with van der Waals surface area (Å²) in [6, 6.07) is 5.97. The highest BCUT2D eigenvalue weighted by Crippen LogP contribution is 2.21.